The van der Waals surface area contributed by atoms with Crippen LogP contribution in [0.5, 0.6) is 11.5 Å². The molecule has 20 heavy (non-hydrogen) atoms. The monoisotopic (exact) mass is 273 g/mol. The average Bonchev–Trinajstić information content (AvgIpc) is 2.49. The molecular formula is C15H19N3O2. The molecule has 2 aromatic rings. The van der Waals surface area contributed by atoms with Crippen molar-refractivity contribution in [1.29, 1.82) is 0 Å². The summed E-state index contributed by atoms with van der Waals surface area (Å²) in [5.41, 5.74) is 5.73. The molecule has 0 saturated heterocycles. The lowest BCUT2D eigenvalue weighted by Crippen LogP contribution is -2.29. The van der Waals surface area contributed by atoms with Crippen molar-refractivity contribution in [3.8, 4) is 11.5 Å². The Morgan fingerprint density at radius 2 is 1.80 bits per heavy atom. The number of nitrogens with two attached hydrogens (primary N) is 1. The summed E-state index contributed by atoms with van der Waals surface area (Å²) in [6.07, 6.45) is 1.76. The van der Waals surface area contributed by atoms with Crippen LogP contribution in [0.25, 0.3) is 0 Å². The van der Waals surface area contributed by atoms with Gasteiger partial charge in [-0.15, -0.1) is 0 Å². The van der Waals surface area contributed by atoms with Crippen LogP contribution in [0, 0.1) is 6.92 Å². The van der Waals surface area contributed by atoms with Crippen molar-refractivity contribution in [2.45, 2.75) is 13.0 Å². The number of aryl methyl sites for hydroxylation is 1. The molecule has 0 aliphatic carbocycles. The van der Waals surface area contributed by atoms with Crippen molar-refractivity contribution < 1.29 is 9.47 Å². The number of benzene rings is 1. The van der Waals surface area contributed by atoms with E-state index in [1.165, 1.54) is 0 Å². The molecule has 1 unspecified atom stereocenters. The van der Waals surface area contributed by atoms with Crippen LogP contribution in [-0.4, -0.2) is 19.2 Å². The summed E-state index contributed by atoms with van der Waals surface area (Å²) < 4.78 is 10.6. The Bertz CT molecular complexity index is 565. The fourth-order valence-electron chi connectivity index (χ4n) is 2.16. The van der Waals surface area contributed by atoms with E-state index < -0.39 is 0 Å². The molecule has 0 aliphatic rings. The van der Waals surface area contributed by atoms with E-state index in [-0.39, 0.29) is 6.04 Å². The zero-order valence-electron chi connectivity index (χ0n) is 11.9. The SMILES string of the molecule is COc1cc(OC)cc(C(NN)c2cccnc2C)c1. The number of methoxy groups -OCH3 is 2. The lowest BCUT2D eigenvalue weighted by Gasteiger charge is -2.19. The Labute approximate surface area is 118 Å². The average molecular weight is 273 g/mol. The minimum absolute atomic E-state index is 0.173. The molecule has 1 aromatic heterocycles. The predicted octanol–water partition coefficient (Wildman–Crippen LogP) is 1.96. The lowest BCUT2D eigenvalue weighted by molar-refractivity contribution is 0.392. The maximum absolute atomic E-state index is 5.73. The number of nitrogens with one attached hydrogen (secondary N) is 1. The number of hydrogen-bond acceptors (Lipinski definition) is 5. The first-order chi connectivity index (χ1) is 9.69. The summed E-state index contributed by atoms with van der Waals surface area (Å²) in [7, 11) is 3.25. The summed E-state index contributed by atoms with van der Waals surface area (Å²) in [5, 5.41) is 0. The Morgan fingerprint density at radius 1 is 1.15 bits per heavy atom. The predicted molar refractivity (Wildman–Crippen MR) is 77.7 cm³/mol. The number of rotatable bonds is 5. The van der Waals surface area contributed by atoms with Crippen LogP contribution in [0.4, 0.5) is 0 Å². The fraction of sp³-hybridized carbons (Fsp3) is 0.267. The van der Waals surface area contributed by atoms with Gasteiger partial charge in [-0.25, -0.2) is 5.43 Å². The van der Waals surface area contributed by atoms with E-state index in [0.717, 1.165) is 28.3 Å². The molecule has 0 radical (unpaired) electrons. The number of ether oxygens (including phenoxy) is 2. The highest BCUT2D eigenvalue weighted by Crippen LogP contribution is 2.30. The summed E-state index contributed by atoms with van der Waals surface area (Å²) in [6, 6.07) is 9.40. The largest absolute Gasteiger partial charge is 0.497 e. The van der Waals surface area contributed by atoms with Gasteiger partial charge in [0.15, 0.2) is 0 Å². The van der Waals surface area contributed by atoms with Gasteiger partial charge >= 0.3 is 0 Å². The molecule has 1 aromatic carbocycles. The summed E-state index contributed by atoms with van der Waals surface area (Å²) in [5.74, 6) is 7.18. The van der Waals surface area contributed by atoms with Gasteiger partial charge in [-0.1, -0.05) is 6.07 Å². The second-order valence-corrected chi connectivity index (χ2v) is 4.42. The second kappa shape index (κ2) is 6.36. The van der Waals surface area contributed by atoms with Crippen LogP contribution in [0.1, 0.15) is 22.9 Å². The molecule has 0 aliphatic heterocycles. The normalized spacial score (nSPS) is 12.0. The standard InChI is InChI=1S/C15H19N3O2/c1-10-14(5-4-6-17-10)15(18-16)11-7-12(19-2)9-13(8-11)20-3/h4-9,15,18H,16H2,1-3H3. The third-order valence-electron chi connectivity index (χ3n) is 3.23. The van der Waals surface area contributed by atoms with E-state index >= 15 is 0 Å². The van der Waals surface area contributed by atoms with Crippen LogP contribution in [-0.2, 0) is 0 Å². The molecular weight excluding hydrogens is 254 g/mol. The van der Waals surface area contributed by atoms with Crippen LogP contribution < -0.4 is 20.7 Å². The van der Waals surface area contributed by atoms with Crippen LogP contribution >= 0.6 is 0 Å². The van der Waals surface area contributed by atoms with Crippen molar-refractivity contribution >= 4 is 0 Å². The van der Waals surface area contributed by atoms with Crippen LogP contribution in [0.2, 0.25) is 0 Å². The highest BCUT2D eigenvalue weighted by atomic mass is 16.5. The highest BCUT2D eigenvalue weighted by molar-refractivity contribution is 5.43. The van der Waals surface area contributed by atoms with E-state index in [9.17, 15) is 0 Å². The Hall–Kier alpha value is -2.11. The Balaban J connectivity index is 2.49. The van der Waals surface area contributed by atoms with Gasteiger partial charge in [0.2, 0.25) is 0 Å². The lowest BCUT2D eigenvalue weighted by atomic mass is 9.98. The summed E-state index contributed by atoms with van der Waals surface area (Å²) in [6.45, 7) is 1.96. The molecule has 0 bridgehead atoms. The van der Waals surface area contributed by atoms with E-state index in [4.69, 9.17) is 15.3 Å². The molecule has 0 spiro atoms. The fourth-order valence-corrected chi connectivity index (χ4v) is 2.16. The van der Waals surface area contributed by atoms with Crippen molar-refractivity contribution in [3.05, 3.63) is 53.3 Å². The van der Waals surface area contributed by atoms with Crippen LogP contribution in [0.15, 0.2) is 36.5 Å². The molecule has 0 fully saturated rings. The van der Waals surface area contributed by atoms with Crippen molar-refractivity contribution in [3.63, 3.8) is 0 Å². The molecule has 106 valence electrons. The van der Waals surface area contributed by atoms with Gasteiger partial charge in [0.1, 0.15) is 11.5 Å². The smallest absolute Gasteiger partial charge is 0.122 e. The maximum atomic E-state index is 5.73. The van der Waals surface area contributed by atoms with Gasteiger partial charge in [-0.3, -0.25) is 10.8 Å². The number of hydrogen-bond donors (Lipinski definition) is 2. The summed E-state index contributed by atoms with van der Waals surface area (Å²) >= 11 is 0. The first kappa shape index (κ1) is 14.3. The van der Waals surface area contributed by atoms with Gasteiger partial charge in [-0.2, -0.15) is 0 Å². The summed E-state index contributed by atoms with van der Waals surface area (Å²) in [4.78, 5) is 4.30. The number of nitrogens with zero attached hydrogens (tertiary/aromatic N) is 1. The van der Waals surface area contributed by atoms with Gasteiger partial charge < -0.3 is 9.47 Å². The molecule has 0 saturated carbocycles. The molecule has 2 rings (SSSR count). The van der Waals surface area contributed by atoms with Crippen LogP contribution in [0.3, 0.4) is 0 Å². The van der Waals surface area contributed by atoms with E-state index in [0.29, 0.717) is 0 Å². The molecule has 5 heteroatoms. The van der Waals surface area contributed by atoms with E-state index in [2.05, 4.69) is 10.4 Å². The van der Waals surface area contributed by atoms with Crippen molar-refractivity contribution in [2.75, 3.05) is 14.2 Å². The van der Waals surface area contributed by atoms with E-state index in [1.807, 2.05) is 37.3 Å². The Kier molecular flexibility index (Phi) is 4.55. The van der Waals surface area contributed by atoms with Gasteiger partial charge in [0.25, 0.3) is 0 Å². The zero-order valence-corrected chi connectivity index (χ0v) is 11.9. The minimum Gasteiger partial charge on any atom is -0.497 e. The first-order valence-electron chi connectivity index (χ1n) is 6.30. The van der Waals surface area contributed by atoms with Gasteiger partial charge in [0.05, 0.1) is 20.3 Å². The zero-order chi connectivity index (χ0) is 14.5. The molecule has 1 heterocycles. The second-order valence-electron chi connectivity index (χ2n) is 4.42. The third kappa shape index (κ3) is 2.89. The maximum Gasteiger partial charge on any atom is 0.122 e. The molecule has 3 N–H and O–H groups in total. The quantitative estimate of drug-likeness (QED) is 0.644. The van der Waals surface area contributed by atoms with E-state index in [1.54, 1.807) is 20.4 Å². The molecule has 5 nitrogen and oxygen atoms in total. The van der Waals surface area contributed by atoms with Crippen molar-refractivity contribution in [2.24, 2.45) is 5.84 Å². The highest BCUT2D eigenvalue weighted by Gasteiger charge is 2.17. The topological polar surface area (TPSA) is 69.4 Å². The number of hydrazine groups is 1. The van der Waals surface area contributed by atoms with Gasteiger partial charge in [-0.05, 0) is 36.2 Å². The minimum atomic E-state index is -0.173. The van der Waals surface area contributed by atoms with Gasteiger partial charge in [0, 0.05) is 18.0 Å². The first-order valence-corrected chi connectivity index (χ1v) is 6.30. The molecule has 0 amide bonds. The van der Waals surface area contributed by atoms with Crippen molar-refractivity contribution in [1.82, 2.24) is 10.4 Å². The number of pyridine rings is 1. The number of aromatic nitrogens is 1. The Morgan fingerprint density at radius 3 is 2.30 bits per heavy atom. The third-order valence-corrected chi connectivity index (χ3v) is 3.23. The molecule has 1 atom stereocenters.